The molecule has 1 aromatic rings. The van der Waals surface area contributed by atoms with Gasteiger partial charge in [0, 0.05) is 12.2 Å². The zero-order valence-electron chi connectivity index (χ0n) is 7.60. The molecule has 2 rings (SSSR count). The van der Waals surface area contributed by atoms with Gasteiger partial charge in [0.05, 0.1) is 6.07 Å². The Morgan fingerprint density at radius 3 is 2.50 bits per heavy atom. The van der Waals surface area contributed by atoms with Gasteiger partial charge in [-0.05, 0) is 12.1 Å². The molecule has 14 heavy (non-hydrogen) atoms. The second-order valence-electron chi connectivity index (χ2n) is 2.72. The van der Waals surface area contributed by atoms with Crippen LogP contribution in [0.25, 0.3) is 0 Å². The Labute approximate surface area is 82.5 Å². The SMILES string of the molecule is N#CC1CN1.O=CNc1ccccc1. The van der Waals surface area contributed by atoms with Crippen molar-refractivity contribution in [1.82, 2.24) is 5.32 Å². The summed E-state index contributed by atoms with van der Waals surface area (Å²) in [7, 11) is 0. The van der Waals surface area contributed by atoms with Crippen LogP contribution < -0.4 is 10.6 Å². The molecule has 2 N–H and O–H groups in total. The summed E-state index contributed by atoms with van der Waals surface area (Å²) in [6, 6.07) is 11.5. The summed E-state index contributed by atoms with van der Waals surface area (Å²) in [6.45, 7) is 0.899. The van der Waals surface area contributed by atoms with Crippen LogP contribution in [0.1, 0.15) is 0 Å². The fourth-order valence-electron chi connectivity index (χ4n) is 0.753. The minimum atomic E-state index is 0.190. The van der Waals surface area contributed by atoms with Crippen molar-refractivity contribution < 1.29 is 4.79 Å². The summed E-state index contributed by atoms with van der Waals surface area (Å²) >= 11 is 0. The minimum absolute atomic E-state index is 0.190. The summed E-state index contributed by atoms with van der Waals surface area (Å²) in [4.78, 5) is 9.86. The van der Waals surface area contributed by atoms with Gasteiger partial charge in [-0.25, -0.2) is 0 Å². The van der Waals surface area contributed by atoms with E-state index in [0.29, 0.717) is 6.41 Å². The number of nitrogens with one attached hydrogen (secondary N) is 2. The van der Waals surface area contributed by atoms with Gasteiger partial charge < -0.3 is 5.32 Å². The zero-order chi connectivity index (χ0) is 10.2. The standard InChI is InChI=1S/C7H7NO.C3H4N2/c9-6-8-7-4-2-1-3-5-7;4-1-3-2-5-3/h1-6H,(H,8,9);3,5H,2H2. The van der Waals surface area contributed by atoms with Crippen LogP contribution in [-0.2, 0) is 4.79 Å². The third-order valence-corrected chi connectivity index (χ3v) is 1.56. The van der Waals surface area contributed by atoms with Crippen LogP contribution in [-0.4, -0.2) is 19.0 Å². The van der Waals surface area contributed by atoms with Crippen LogP contribution in [0.3, 0.4) is 0 Å². The first-order valence-corrected chi connectivity index (χ1v) is 4.25. The van der Waals surface area contributed by atoms with Gasteiger partial charge in [0.1, 0.15) is 6.04 Å². The third kappa shape index (κ3) is 4.24. The van der Waals surface area contributed by atoms with E-state index in [9.17, 15) is 4.79 Å². The summed E-state index contributed by atoms with van der Waals surface area (Å²) < 4.78 is 0. The summed E-state index contributed by atoms with van der Waals surface area (Å²) in [5, 5.41) is 13.2. The lowest BCUT2D eigenvalue weighted by atomic mass is 10.3. The molecule has 4 nitrogen and oxygen atoms in total. The lowest BCUT2D eigenvalue weighted by molar-refractivity contribution is -0.105. The fraction of sp³-hybridized carbons (Fsp3) is 0.200. The van der Waals surface area contributed by atoms with Crippen LogP contribution in [0.15, 0.2) is 30.3 Å². The van der Waals surface area contributed by atoms with Crippen molar-refractivity contribution >= 4 is 12.1 Å². The van der Waals surface area contributed by atoms with E-state index in [1.54, 1.807) is 0 Å². The molecule has 0 radical (unpaired) electrons. The predicted molar refractivity (Wildman–Crippen MR) is 53.5 cm³/mol. The van der Waals surface area contributed by atoms with Crippen LogP contribution in [0.4, 0.5) is 5.69 Å². The molecular weight excluding hydrogens is 178 g/mol. The molecule has 0 aliphatic carbocycles. The van der Waals surface area contributed by atoms with Crippen molar-refractivity contribution in [2.75, 3.05) is 11.9 Å². The maximum atomic E-state index is 9.86. The van der Waals surface area contributed by atoms with Gasteiger partial charge in [-0.3, -0.25) is 10.1 Å². The normalized spacial score (nSPS) is 16.9. The monoisotopic (exact) mass is 189 g/mol. The first-order valence-electron chi connectivity index (χ1n) is 4.25. The Morgan fingerprint density at radius 2 is 2.14 bits per heavy atom. The predicted octanol–water partition coefficient (Wildman–Crippen LogP) is 0.737. The molecular formula is C10H11N3O. The Balaban J connectivity index is 0.000000165. The summed E-state index contributed by atoms with van der Waals surface area (Å²) in [5.41, 5.74) is 0.826. The van der Waals surface area contributed by atoms with Crippen molar-refractivity contribution in [3.8, 4) is 6.07 Å². The number of hydrogen-bond acceptors (Lipinski definition) is 3. The van der Waals surface area contributed by atoms with E-state index in [1.807, 2.05) is 36.4 Å². The molecule has 0 bridgehead atoms. The zero-order valence-corrected chi connectivity index (χ0v) is 7.60. The molecule has 1 amide bonds. The second kappa shape index (κ2) is 5.73. The van der Waals surface area contributed by atoms with Crippen LogP contribution >= 0.6 is 0 Å². The highest BCUT2D eigenvalue weighted by molar-refractivity contribution is 5.70. The molecule has 4 heteroatoms. The fourth-order valence-corrected chi connectivity index (χ4v) is 0.753. The Kier molecular flexibility index (Phi) is 4.18. The van der Waals surface area contributed by atoms with E-state index < -0.39 is 0 Å². The highest BCUT2D eigenvalue weighted by Crippen LogP contribution is 2.01. The van der Waals surface area contributed by atoms with E-state index in [2.05, 4.69) is 10.6 Å². The minimum Gasteiger partial charge on any atom is -0.329 e. The first kappa shape index (κ1) is 10.2. The maximum Gasteiger partial charge on any atom is 0.211 e. The molecule has 1 aliphatic rings. The van der Waals surface area contributed by atoms with E-state index in [0.717, 1.165) is 12.2 Å². The summed E-state index contributed by atoms with van der Waals surface area (Å²) in [6.07, 6.45) is 0.662. The Morgan fingerprint density at radius 1 is 1.50 bits per heavy atom. The number of hydrogen-bond donors (Lipinski definition) is 2. The van der Waals surface area contributed by atoms with Crippen molar-refractivity contribution in [2.24, 2.45) is 0 Å². The van der Waals surface area contributed by atoms with Gasteiger partial charge in [-0.15, -0.1) is 0 Å². The van der Waals surface area contributed by atoms with E-state index >= 15 is 0 Å². The van der Waals surface area contributed by atoms with Gasteiger partial charge in [0.2, 0.25) is 6.41 Å². The topological polar surface area (TPSA) is 74.8 Å². The van der Waals surface area contributed by atoms with Crippen molar-refractivity contribution in [3.05, 3.63) is 30.3 Å². The van der Waals surface area contributed by atoms with Gasteiger partial charge in [0.25, 0.3) is 0 Å². The molecule has 1 fully saturated rings. The quantitative estimate of drug-likeness (QED) is 0.532. The molecule has 1 aliphatic heterocycles. The van der Waals surface area contributed by atoms with Crippen molar-refractivity contribution in [3.63, 3.8) is 0 Å². The van der Waals surface area contributed by atoms with Crippen molar-refractivity contribution in [2.45, 2.75) is 6.04 Å². The molecule has 0 spiro atoms. The second-order valence-corrected chi connectivity index (χ2v) is 2.72. The number of carbonyl (C=O) groups excluding carboxylic acids is 1. The number of nitrogens with zero attached hydrogens (tertiary/aromatic N) is 1. The van der Waals surface area contributed by atoms with Crippen LogP contribution in [0.5, 0.6) is 0 Å². The van der Waals surface area contributed by atoms with Gasteiger partial charge >= 0.3 is 0 Å². The molecule has 1 heterocycles. The molecule has 0 saturated carbocycles. The third-order valence-electron chi connectivity index (χ3n) is 1.56. The van der Waals surface area contributed by atoms with E-state index in [1.165, 1.54) is 0 Å². The molecule has 1 unspecified atom stereocenters. The van der Waals surface area contributed by atoms with E-state index in [-0.39, 0.29) is 6.04 Å². The van der Waals surface area contributed by atoms with Crippen LogP contribution in [0, 0.1) is 11.3 Å². The van der Waals surface area contributed by atoms with E-state index in [4.69, 9.17) is 5.26 Å². The average Bonchev–Trinajstić information content (AvgIpc) is 3.04. The number of benzene rings is 1. The van der Waals surface area contributed by atoms with Crippen LogP contribution in [0.2, 0.25) is 0 Å². The maximum absolute atomic E-state index is 9.86. The summed E-state index contributed by atoms with van der Waals surface area (Å²) in [5.74, 6) is 0. The number of carbonyl (C=O) groups is 1. The number of nitriles is 1. The van der Waals surface area contributed by atoms with Crippen molar-refractivity contribution in [1.29, 1.82) is 5.26 Å². The Hall–Kier alpha value is -1.86. The smallest absolute Gasteiger partial charge is 0.211 e. The molecule has 72 valence electrons. The number of amides is 1. The van der Waals surface area contributed by atoms with Gasteiger partial charge in [-0.2, -0.15) is 5.26 Å². The number of para-hydroxylation sites is 1. The first-order chi connectivity index (χ1) is 6.86. The average molecular weight is 189 g/mol. The Bertz CT molecular complexity index is 314. The highest BCUT2D eigenvalue weighted by Gasteiger charge is 2.17. The van der Waals surface area contributed by atoms with Gasteiger partial charge in [0.15, 0.2) is 0 Å². The molecule has 1 atom stereocenters. The number of anilines is 1. The number of rotatable bonds is 2. The highest BCUT2D eigenvalue weighted by atomic mass is 16.1. The lowest BCUT2D eigenvalue weighted by Gasteiger charge is -1.93. The van der Waals surface area contributed by atoms with Gasteiger partial charge in [-0.1, -0.05) is 18.2 Å². The largest absolute Gasteiger partial charge is 0.329 e. The molecule has 1 aromatic carbocycles. The molecule has 1 saturated heterocycles. The lowest BCUT2D eigenvalue weighted by Crippen LogP contribution is -1.91. The molecule has 0 aromatic heterocycles.